The highest BCUT2D eigenvalue weighted by Gasteiger charge is 2.54. The Bertz CT molecular complexity index is 205. The van der Waals surface area contributed by atoms with Gasteiger partial charge in [0.1, 0.15) is 0 Å². The zero-order chi connectivity index (χ0) is 8.22. The molecular formula is C10H15Cl. The largest absolute Gasteiger partial charge is 0.118 e. The van der Waals surface area contributed by atoms with Crippen LogP contribution in [0.4, 0.5) is 0 Å². The Hall–Kier alpha value is 0.0300. The van der Waals surface area contributed by atoms with Crippen molar-refractivity contribution in [1.29, 1.82) is 0 Å². The Labute approximate surface area is 73.6 Å². The van der Waals surface area contributed by atoms with Crippen LogP contribution in [0.15, 0.2) is 12.2 Å². The van der Waals surface area contributed by atoms with Crippen LogP contribution < -0.4 is 0 Å². The minimum atomic E-state index is 0.270. The Balaban J connectivity index is 2.23. The van der Waals surface area contributed by atoms with Gasteiger partial charge in [-0.1, -0.05) is 26.0 Å². The lowest BCUT2D eigenvalue weighted by Gasteiger charge is -2.59. The Morgan fingerprint density at radius 2 is 2.09 bits per heavy atom. The summed E-state index contributed by atoms with van der Waals surface area (Å²) in [5.41, 5.74) is 1.79. The fourth-order valence-electron chi connectivity index (χ4n) is 2.66. The van der Waals surface area contributed by atoms with E-state index in [4.69, 9.17) is 11.6 Å². The first-order chi connectivity index (χ1) is 5.03. The third-order valence-electron chi connectivity index (χ3n) is 3.81. The van der Waals surface area contributed by atoms with Crippen molar-refractivity contribution in [2.75, 3.05) is 0 Å². The summed E-state index contributed by atoms with van der Waals surface area (Å²) in [4.78, 5) is 0. The predicted molar refractivity (Wildman–Crippen MR) is 48.8 cm³/mol. The molecule has 0 aromatic heterocycles. The van der Waals surface area contributed by atoms with Gasteiger partial charge < -0.3 is 0 Å². The Morgan fingerprint density at radius 3 is 2.45 bits per heavy atom. The lowest BCUT2D eigenvalue weighted by Crippen LogP contribution is -2.52. The van der Waals surface area contributed by atoms with Gasteiger partial charge in [0.2, 0.25) is 0 Å². The summed E-state index contributed by atoms with van der Waals surface area (Å²) in [5.74, 6) is 1.57. The van der Waals surface area contributed by atoms with Crippen LogP contribution in [0.25, 0.3) is 0 Å². The van der Waals surface area contributed by atoms with Gasteiger partial charge in [-0.15, -0.1) is 11.6 Å². The molecule has 0 aromatic rings. The zero-order valence-corrected chi connectivity index (χ0v) is 7.99. The van der Waals surface area contributed by atoms with Gasteiger partial charge >= 0.3 is 0 Å². The zero-order valence-electron chi connectivity index (χ0n) is 7.23. The van der Waals surface area contributed by atoms with Crippen molar-refractivity contribution in [3.05, 3.63) is 12.2 Å². The van der Waals surface area contributed by atoms with Crippen LogP contribution in [-0.2, 0) is 0 Å². The Kier molecular flexibility index (Phi) is 1.42. The molecule has 3 atom stereocenters. The second kappa shape index (κ2) is 2.04. The molecule has 0 radical (unpaired) electrons. The standard InChI is InChI=1S/C10H15Cl/c1-6-8-4-7(5-9(6)11)10(8,2)3/h7-9H,1,4-5H2,2-3H3. The van der Waals surface area contributed by atoms with Crippen LogP contribution in [0.2, 0.25) is 0 Å². The van der Waals surface area contributed by atoms with Crippen molar-refractivity contribution >= 4 is 11.6 Å². The molecule has 0 aromatic carbocycles. The predicted octanol–water partition coefficient (Wildman–Crippen LogP) is 3.22. The SMILES string of the molecule is C=C1C(Cl)CC2CC1C2(C)C. The third kappa shape index (κ3) is 0.823. The number of fused-ring (bicyclic) bond motifs is 2. The molecule has 0 saturated heterocycles. The molecule has 1 heteroatoms. The van der Waals surface area contributed by atoms with Crippen LogP contribution in [-0.4, -0.2) is 5.38 Å². The molecule has 3 aliphatic carbocycles. The molecule has 0 nitrogen and oxygen atoms in total. The summed E-state index contributed by atoms with van der Waals surface area (Å²) in [6, 6.07) is 0. The van der Waals surface area contributed by atoms with E-state index in [2.05, 4.69) is 20.4 Å². The van der Waals surface area contributed by atoms with E-state index in [1.165, 1.54) is 12.0 Å². The average Bonchev–Trinajstić information content (AvgIpc) is 1.93. The number of allylic oxidation sites excluding steroid dienone is 1. The van der Waals surface area contributed by atoms with E-state index in [1.807, 2.05) is 0 Å². The maximum Gasteiger partial charge on any atom is 0.0548 e. The molecule has 0 spiro atoms. The molecule has 0 aliphatic heterocycles. The summed E-state index contributed by atoms with van der Waals surface area (Å²) in [6.07, 6.45) is 2.50. The maximum absolute atomic E-state index is 6.12. The molecule has 3 unspecified atom stereocenters. The molecule has 3 fully saturated rings. The first kappa shape index (κ1) is 7.67. The summed E-state index contributed by atoms with van der Waals surface area (Å²) < 4.78 is 0. The third-order valence-corrected chi connectivity index (χ3v) is 4.27. The van der Waals surface area contributed by atoms with Crippen LogP contribution >= 0.6 is 11.6 Å². The van der Waals surface area contributed by atoms with E-state index < -0.39 is 0 Å². The van der Waals surface area contributed by atoms with E-state index in [1.54, 1.807) is 0 Å². The number of hydrogen-bond acceptors (Lipinski definition) is 0. The highest BCUT2D eigenvalue weighted by molar-refractivity contribution is 6.22. The molecule has 62 valence electrons. The van der Waals surface area contributed by atoms with Gasteiger partial charge in [-0.2, -0.15) is 0 Å². The van der Waals surface area contributed by atoms with Gasteiger partial charge in [-0.05, 0) is 30.1 Å². The number of alkyl halides is 1. The van der Waals surface area contributed by atoms with Gasteiger partial charge in [-0.25, -0.2) is 0 Å². The topological polar surface area (TPSA) is 0 Å². The fourth-order valence-corrected chi connectivity index (χ4v) is 3.03. The van der Waals surface area contributed by atoms with Gasteiger partial charge in [-0.3, -0.25) is 0 Å². The van der Waals surface area contributed by atoms with Gasteiger partial charge in [0.15, 0.2) is 0 Å². The second-order valence-corrected chi connectivity index (χ2v) is 5.11. The van der Waals surface area contributed by atoms with E-state index in [0.717, 1.165) is 12.3 Å². The lowest BCUT2D eigenvalue weighted by atomic mass is 9.47. The molecular weight excluding hydrogens is 156 g/mol. The average molecular weight is 171 g/mol. The van der Waals surface area contributed by atoms with Crippen LogP contribution in [0.1, 0.15) is 26.7 Å². The van der Waals surface area contributed by atoms with E-state index in [-0.39, 0.29) is 5.38 Å². The van der Waals surface area contributed by atoms with Crippen molar-refractivity contribution in [1.82, 2.24) is 0 Å². The van der Waals surface area contributed by atoms with Gasteiger partial charge in [0, 0.05) is 0 Å². The summed E-state index contributed by atoms with van der Waals surface area (Å²) in [5, 5.41) is 0.270. The van der Waals surface area contributed by atoms with Crippen LogP contribution in [0, 0.1) is 17.3 Å². The highest BCUT2D eigenvalue weighted by atomic mass is 35.5. The number of hydrogen-bond donors (Lipinski definition) is 0. The second-order valence-electron chi connectivity index (χ2n) is 4.58. The smallest absolute Gasteiger partial charge is 0.0548 e. The van der Waals surface area contributed by atoms with Crippen LogP contribution in [0.3, 0.4) is 0 Å². The van der Waals surface area contributed by atoms with Crippen molar-refractivity contribution in [3.8, 4) is 0 Å². The van der Waals surface area contributed by atoms with Crippen molar-refractivity contribution in [2.24, 2.45) is 17.3 Å². The molecule has 0 amide bonds. The molecule has 3 saturated carbocycles. The minimum Gasteiger partial charge on any atom is -0.118 e. The summed E-state index contributed by atoms with van der Waals surface area (Å²) >= 11 is 6.12. The lowest BCUT2D eigenvalue weighted by molar-refractivity contribution is -0.0257. The Morgan fingerprint density at radius 1 is 1.45 bits per heavy atom. The van der Waals surface area contributed by atoms with E-state index in [0.29, 0.717) is 11.3 Å². The quantitative estimate of drug-likeness (QED) is 0.387. The monoisotopic (exact) mass is 170 g/mol. The first-order valence-corrected chi connectivity index (χ1v) is 4.80. The van der Waals surface area contributed by atoms with E-state index >= 15 is 0 Å². The molecule has 11 heavy (non-hydrogen) atoms. The summed E-state index contributed by atoms with van der Waals surface area (Å²) in [7, 11) is 0. The molecule has 3 rings (SSSR count). The van der Waals surface area contributed by atoms with Crippen molar-refractivity contribution < 1.29 is 0 Å². The fraction of sp³-hybridized carbons (Fsp3) is 0.800. The minimum absolute atomic E-state index is 0.270. The van der Waals surface area contributed by atoms with Gasteiger partial charge in [0.25, 0.3) is 0 Å². The number of halogens is 1. The van der Waals surface area contributed by atoms with Crippen LogP contribution in [0.5, 0.6) is 0 Å². The van der Waals surface area contributed by atoms with Gasteiger partial charge in [0.05, 0.1) is 5.38 Å². The van der Waals surface area contributed by atoms with E-state index in [9.17, 15) is 0 Å². The van der Waals surface area contributed by atoms with Crippen molar-refractivity contribution in [3.63, 3.8) is 0 Å². The molecule has 0 heterocycles. The first-order valence-electron chi connectivity index (χ1n) is 4.36. The normalized spacial score (nSPS) is 46.8. The molecule has 3 aliphatic rings. The summed E-state index contributed by atoms with van der Waals surface area (Å²) in [6.45, 7) is 8.77. The van der Waals surface area contributed by atoms with Crippen molar-refractivity contribution in [2.45, 2.75) is 32.1 Å². The number of rotatable bonds is 0. The molecule has 2 bridgehead atoms. The molecule has 0 N–H and O–H groups in total. The highest BCUT2D eigenvalue weighted by Crippen LogP contribution is 2.61. The maximum atomic E-state index is 6.12.